The minimum atomic E-state index is 0.567. The lowest BCUT2D eigenvalue weighted by Crippen LogP contribution is -2.09. The maximum Gasteiger partial charge on any atom is 0.238 e. The van der Waals surface area contributed by atoms with Crippen molar-refractivity contribution in [2.24, 2.45) is 0 Å². The molecule has 278 valence electrons. The van der Waals surface area contributed by atoms with E-state index in [1.807, 2.05) is 0 Å². The van der Waals surface area contributed by atoms with Gasteiger partial charge >= 0.3 is 0 Å². The Morgan fingerprint density at radius 1 is 0.283 bits per heavy atom. The molecule has 60 heavy (non-hydrogen) atoms. The molecular formula is C55H33N5. The van der Waals surface area contributed by atoms with Crippen LogP contribution in [0.5, 0.6) is 0 Å². The van der Waals surface area contributed by atoms with Crippen molar-refractivity contribution in [2.75, 3.05) is 0 Å². The molecule has 0 aliphatic heterocycles. The van der Waals surface area contributed by atoms with E-state index in [4.69, 9.17) is 4.85 Å². The van der Waals surface area contributed by atoms with Gasteiger partial charge in [0, 0.05) is 48.8 Å². The molecule has 0 fully saturated rings. The first-order chi connectivity index (χ1) is 29.8. The van der Waals surface area contributed by atoms with Crippen LogP contribution >= 0.6 is 0 Å². The first-order valence-electron chi connectivity index (χ1n) is 20.3. The first kappa shape index (κ1) is 32.7. The molecular weight excluding hydrogens is 731 g/mol. The number of aromatic nitrogens is 4. The van der Waals surface area contributed by atoms with Gasteiger partial charge in [0.05, 0.1) is 67.8 Å². The van der Waals surface area contributed by atoms with Gasteiger partial charge in [0.2, 0.25) is 5.69 Å². The second-order valence-electron chi connectivity index (χ2n) is 15.5. The van der Waals surface area contributed by atoms with Gasteiger partial charge in [0.25, 0.3) is 0 Å². The molecule has 0 aliphatic carbocycles. The van der Waals surface area contributed by atoms with Gasteiger partial charge in [0.15, 0.2) is 0 Å². The number of hydrogen-bond acceptors (Lipinski definition) is 0. The molecule has 0 radical (unpaired) electrons. The van der Waals surface area contributed by atoms with Gasteiger partial charge in [-0.15, -0.1) is 0 Å². The highest BCUT2D eigenvalue weighted by molar-refractivity contribution is 6.24. The van der Waals surface area contributed by atoms with Crippen LogP contribution in [0.1, 0.15) is 0 Å². The summed E-state index contributed by atoms with van der Waals surface area (Å²) in [6.45, 7) is 9.58. The standard InChI is InChI=1S/C55H33N5/c1-56-51-54(59-45-30-14-7-23-38(45)39-24-8-15-31-46(39)59)52-50(42-27-11-18-34-49(42)57(52)35-19-3-2-4-20-35)53(58-43-28-12-5-21-36(43)37-22-6-13-29-44(37)58)55(51)60-47-32-16-9-25-40(47)41-26-10-17-33-48(41)60/h2-34H. The first-order valence-corrected chi connectivity index (χ1v) is 20.3. The molecule has 4 aromatic heterocycles. The molecule has 5 nitrogen and oxygen atoms in total. The van der Waals surface area contributed by atoms with Crippen LogP contribution in [0.15, 0.2) is 200 Å². The maximum atomic E-state index is 9.58. The summed E-state index contributed by atoms with van der Waals surface area (Å²) in [5, 5.41) is 9.07. The molecule has 0 N–H and O–H groups in total. The zero-order chi connectivity index (χ0) is 39.5. The fourth-order valence-corrected chi connectivity index (χ4v) is 10.2. The SMILES string of the molecule is [C-]#[N+]c1c(-n2c3ccccc3c3ccccc32)c(-n2c3ccccc3c3ccccc32)c2c3ccccc3n(-c3ccccc3)c2c1-n1c2ccccc2c2ccccc21. The van der Waals surface area contributed by atoms with Gasteiger partial charge in [-0.25, -0.2) is 4.85 Å². The van der Waals surface area contributed by atoms with Crippen molar-refractivity contribution in [2.45, 2.75) is 0 Å². The molecule has 13 rings (SSSR count). The van der Waals surface area contributed by atoms with Crippen molar-refractivity contribution in [3.63, 3.8) is 0 Å². The van der Waals surface area contributed by atoms with Crippen LogP contribution in [0.25, 0.3) is 115 Å². The lowest BCUT2D eigenvalue weighted by atomic mass is 10.0. The summed E-state index contributed by atoms with van der Waals surface area (Å²) in [7, 11) is 0. The van der Waals surface area contributed by atoms with E-state index in [1.165, 1.54) is 0 Å². The number of rotatable bonds is 4. The average Bonchev–Trinajstić information content (AvgIpc) is 4.04. The summed E-state index contributed by atoms with van der Waals surface area (Å²) in [5.41, 5.74) is 12.6. The monoisotopic (exact) mass is 763 g/mol. The van der Waals surface area contributed by atoms with Crippen molar-refractivity contribution in [1.29, 1.82) is 0 Å². The fraction of sp³-hybridized carbons (Fsp3) is 0. The highest BCUT2D eigenvalue weighted by Crippen LogP contribution is 2.53. The highest BCUT2D eigenvalue weighted by Gasteiger charge is 2.33. The molecule has 13 aromatic rings. The highest BCUT2D eigenvalue weighted by atomic mass is 15.1. The summed E-state index contributed by atoms with van der Waals surface area (Å²) >= 11 is 0. The van der Waals surface area contributed by atoms with Crippen LogP contribution in [-0.4, -0.2) is 18.3 Å². The van der Waals surface area contributed by atoms with E-state index in [2.05, 4.69) is 218 Å². The molecule has 0 amide bonds. The molecule has 0 unspecified atom stereocenters. The normalized spacial score (nSPS) is 12.0. The largest absolute Gasteiger partial charge is 0.317 e. The Bertz CT molecular complexity index is 3800. The van der Waals surface area contributed by atoms with Crippen molar-refractivity contribution < 1.29 is 0 Å². The number of para-hydroxylation sites is 8. The Hall–Kier alpha value is -8.33. The third-order valence-corrected chi connectivity index (χ3v) is 12.5. The van der Waals surface area contributed by atoms with Gasteiger partial charge in [0.1, 0.15) is 0 Å². The number of hydrogen-bond donors (Lipinski definition) is 0. The summed E-state index contributed by atoms with van der Waals surface area (Å²) < 4.78 is 9.58. The zero-order valence-electron chi connectivity index (χ0n) is 32.3. The van der Waals surface area contributed by atoms with Gasteiger partial charge in [-0.3, -0.25) is 0 Å². The van der Waals surface area contributed by atoms with Gasteiger partial charge in [-0.05, 0) is 54.6 Å². The minimum Gasteiger partial charge on any atom is -0.317 e. The molecule has 0 atom stereocenters. The van der Waals surface area contributed by atoms with Crippen LogP contribution in [0.4, 0.5) is 5.69 Å². The van der Waals surface area contributed by atoms with E-state index in [9.17, 15) is 6.57 Å². The maximum absolute atomic E-state index is 9.58. The molecule has 0 saturated heterocycles. The smallest absolute Gasteiger partial charge is 0.238 e. The molecule has 0 bridgehead atoms. The van der Waals surface area contributed by atoms with E-state index in [0.29, 0.717) is 5.69 Å². The molecule has 4 heterocycles. The number of benzene rings is 9. The quantitative estimate of drug-likeness (QED) is 0.159. The van der Waals surface area contributed by atoms with Crippen LogP contribution in [0.3, 0.4) is 0 Å². The number of fused-ring (bicyclic) bond motifs is 12. The van der Waals surface area contributed by atoms with Crippen molar-refractivity contribution in [1.82, 2.24) is 18.3 Å². The van der Waals surface area contributed by atoms with E-state index in [-0.39, 0.29) is 0 Å². The Morgan fingerprint density at radius 3 is 0.967 bits per heavy atom. The average molecular weight is 764 g/mol. The Morgan fingerprint density at radius 2 is 0.583 bits per heavy atom. The van der Waals surface area contributed by atoms with Crippen LogP contribution in [0.2, 0.25) is 0 Å². The Balaban J connectivity index is 1.41. The second-order valence-corrected chi connectivity index (χ2v) is 15.5. The molecule has 0 aliphatic rings. The predicted octanol–water partition coefficient (Wildman–Crippen LogP) is 14.6. The molecule has 5 heteroatoms. The zero-order valence-corrected chi connectivity index (χ0v) is 32.3. The Labute approximate surface area is 344 Å². The van der Waals surface area contributed by atoms with E-state index in [0.717, 1.165) is 110 Å². The third kappa shape index (κ3) is 4.24. The number of nitrogens with zero attached hydrogens (tertiary/aromatic N) is 5. The van der Waals surface area contributed by atoms with Crippen molar-refractivity contribution in [3.05, 3.63) is 212 Å². The van der Waals surface area contributed by atoms with E-state index < -0.39 is 0 Å². The predicted molar refractivity (Wildman–Crippen MR) is 250 cm³/mol. The van der Waals surface area contributed by atoms with Gasteiger partial charge in [-0.1, -0.05) is 146 Å². The Kier molecular flexibility index (Phi) is 6.73. The minimum absolute atomic E-state index is 0.567. The lowest BCUT2D eigenvalue weighted by molar-refractivity contribution is 1.09. The lowest BCUT2D eigenvalue weighted by Gasteiger charge is -2.24. The second kappa shape index (κ2) is 12.3. The van der Waals surface area contributed by atoms with Gasteiger partial charge < -0.3 is 18.3 Å². The topological polar surface area (TPSA) is 24.1 Å². The molecule has 9 aromatic carbocycles. The summed E-state index contributed by atoms with van der Waals surface area (Å²) in [6, 6.07) is 71.3. The summed E-state index contributed by atoms with van der Waals surface area (Å²) in [4.78, 5) is 4.78. The fourth-order valence-electron chi connectivity index (χ4n) is 10.2. The van der Waals surface area contributed by atoms with Crippen molar-refractivity contribution in [3.8, 4) is 22.7 Å². The van der Waals surface area contributed by atoms with E-state index in [1.54, 1.807) is 0 Å². The van der Waals surface area contributed by atoms with Gasteiger partial charge in [-0.2, -0.15) is 0 Å². The molecule has 0 saturated carbocycles. The molecule has 0 spiro atoms. The summed E-state index contributed by atoms with van der Waals surface area (Å²) in [5.74, 6) is 0. The third-order valence-electron chi connectivity index (χ3n) is 12.5. The van der Waals surface area contributed by atoms with E-state index >= 15 is 0 Å². The van der Waals surface area contributed by atoms with Crippen molar-refractivity contribution >= 4 is 92.9 Å². The summed E-state index contributed by atoms with van der Waals surface area (Å²) in [6.07, 6.45) is 0. The van der Waals surface area contributed by atoms with Crippen LogP contribution < -0.4 is 0 Å². The van der Waals surface area contributed by atoms with Crippen LogP contribution in [-0.2, 0) is 0 Å². The van der Waals surface area contributed by atoms with Crippen LogP contribution in [0, 0.1) is 6.57 Å².